The number of hydrogen-bond donors (Lipinski definition) is 2. The van der Waals surface area contributed by atoms with Crippen LogP contribution in [0.15, 0.2) is 18.5 Å². The molecule has 0 saturated carbocycles. The molecule has 0 saturated heterocycles. The third-order valence-electron chi connectivity index (χ3n) is 3.13. The molecule has 0 fully saturated rings. The highest BCUT2D eigenvalue weighted by Gasteiger charge is 2.06. The van der Waals surface area contributed by atoms with Crippen LogP contribution in [0.1, 0.15) is 37.3 Å². The van der Waals surface area contributed by atoms with Gasteiger partial charge in [-0.2, -0.15) is 0 Å². The van der Waals surface area contributed by atoms with Crippen molar-refractivity contribution in [2.45, 2.75) is 39.7 Å². The first-order chi connectivity index (χ1) is 8.27. The Morgan fingerprint density at radius 1 is 1.41 bits per heavy atom. The monoisotopic (exact) mass is 236 g/mol. The molecule has 17 heavy (non-hydrogen) atoms. The molecule has 1 unspecified atom stereocenters. The molecule has 0 aliphatic rings. The molecule has 0 spiro atoms. The molecule has 0 radical (unpaired) electrons. The molecule has 0 aromatic carbocycles. The van der Waals surface area contributed by atoms with Gasteiger partial charge in [-0.25, -0.2) is 0 Å². The summed E-state index contributed by atoms with van der Waals surface area (Å²) in [7, 11) is 0. The van der Waals surface area contributed by atoms with Crippen molar-refractivity contribution in [3.05, 3.63) is 29.6 Å². The molecule has 1 rings (SSSR count). The number of hydrogen-bond acceptors (Lipinski definition) is 3. The van der Waals surface area contributed by atoms with Gasteiger partial charge in [-0.3, -0.25) is 4.98 Å². The van der Waals surface area contributed by atoms with Crippen LogP contribution in [0.4, 0.5) is 0 Å². The van der Waals surface area contributed by atoms with Crippen molar-refractivity contribution in [2.75, 3.05) is 13.2 Å². The van der Waals surface area contributed by atoms with Crippen molar-refractivity contribution in [1.29, 1.82) is 0 Å². The minimum absolute atomic E-state index is 0.290. The topological polar surface area (TPSA) is 45.1 Å². The third-order valence-corrected chi connectivity index (χ3v) is 3.13. The van der Waals surface area contributed by atoms with Crippen LogP contribution in [0.5, 0.6) is 0 Å². The van der Waals surface area contributed by atoms with Gasteiger partial charge in [-0.1, -0.05) is 13.3 Å². The van der Waals surface area contributed by atoms with Crippen LogP contribution >= 0.6 is 0 Å². The highest BCUT2D eigenvalue weighted by Crippen LogP contribution is 2.10. The van der Waals surface area contributed by atoms with Crippen molar-refractivity contribution >= 4 is 0 Å². The van der Waals surface area contributed by atoms with Gasteiger partial charge in [0.1, 0.15) is 0 Å². The van der Waals surface area contributed by atoms with Crippen molar-refractivity contribution < 1.29 is 5.11 Å². The molecular formula is C14H24N2O. The predicted molar refractivity (Wildman–Crippen MR) is 70.8 cm³/mol. The van der Waals surface area contributed by atoms with Gasteiger partial charge in [0.15, 0.2) is 0 Å². The molecule has 1 aromatic rings. The second kappa shape index (κ2) is 8.20. The van der Waals surface area contributed by atoms with Crippen molar-refractivity contribution in [1.82, 2.24) is 10.3 Å². The number of nitrogens with zero attached hydrogens (tertiary/aromatic N) is 1. The van der Waals surface area contributed by atoms with Crippen LogP contribution in [0.2, 0.25) is 0 Å². The Bertz CT molecular complexity index is 309. The summed E-state index contributed by atoms with van der Waals surface area (Å²) in [4.78, 5) is 4.14. The highest BCUT2D eigenvalue weighted by molar-refractivity contribution is 5.20. The van der Waals surface area contributed by atoms with Gasteiger partial charge in [0, 0.05) is 25.5 Å². The second-order valence-electron chi connectivity index (χ2n) is 4.60. The number of pyridine rings is 1. The van der Waals surface area contributed by atoms with E-state index in [4.69, 9.17) is 5.11 Å². The Kier molecular flexibility index (Phi) is 6.82. The highest BCUT2D eigenvalue weighted by atomic mass is 16.3. The normalized spacial score (nSPS) is 12.6. The van der Waals surface area contributed by atoms with E-state index in [0.717, 1.165) is 19.5 Å². The molecule has 3 heteroatoms. The SMILES string of the molecule is CCCC(CCO)CNCc1cnccc1C. The summed E-state index contributed by atoms with van der Waals surface area (Å²) in [6, 6.07) is 2.04. The molecule has 1 heterocycles. The summed E-state index contributed by atoms with van der Waals surface area (Å²) < 4.78 is 0. The predicted octanol–water partition coefficient (Wildman–Crippen LogP) is 2.28. The standard InChI is InChI=1S/C14H24N2O/c1-3-4-13(6-8-17)9-16-11-14-10-15-7-5-12(14)2/h5,7,10,13,16-17H,3-4,6,8-9,11H2,1-2H3. The first kappa shape index (κ1) is 14.1. The van der Waals surface area contributed by atoms with Crippen LogP contribution < -0.4 is 5.32 Å². The van der Waals surface area contributed by atoms with E-state index in [1.165, 1.54) is 24.0 Å². The lowest BCUT2D eigenvalue weighted by Gasteiger charge is -2.16. The lowest BCUT2D eigenvalue weighted by Crippen LogP contribution is -2.23. The maximum atomic E-state index is 8.99. The second-order valence-corrected chi connectivity index (χ2v) is 4.60. The fraction of sp³-hybridized carbons (Fsp3) is 0.643. The van der Waals surface area contributed by atoms with Crippen molar-refractivity contribution in [2.24, 2.45) is 5.92 Å². The summed E-state index contributed by atoms with van der Waals surface area (Å²) in [6.07, 6.45) is 7.00. The molecule has 1 atom stereocenters. The zero-order valence-corrected chi connectivity index (χ0v) is 10.9. The molecule has 0 amide bonds. The number of aromatic nitrogens is 1. The molecule has 0 bridgehead atoms. The Labute approximate surface area is 104 Å². The molecule has 0 aliphatic heterocycles. The number of aryl methyl sites for hydroxylation is 1. The average Bonchev–Trinajstić information content (AvgIpc) is 2.32. The van der Waals surface area contributed by atoms with Crippen LogP contribution in [-0.4, -0.2) is 23.2 Å². The minimum Gasteiger partial charge on any atom is -0.396 e. The molecule has 0 aliphatic carbocycles. The van der Waals surface area contributed by atoms with Gasteiger partial charge in [0.2, 0.25) is 0 Å². The molecule has 3 nitrogen and oxygen atoms in total. The van der Waals surface area contributed by atoms with Gasteiger partial charge in [0.05, 0.1) is 0 Å². The average molecular weight is 236 g/mol. The Balaban J connectivity index is 2.33. The van der Waals surface area contributed by atoms with Crippen molar-refractivity contribution in [3.8, 4) is 0 Å². The smallest absolute Gasteiger partial charge is 0.0434 e. The van der Waals surface area contributed by atoms with Gasteiger partial charge < -0.3 is 10.4 Å². The first-order valence-corrected chi connectivity index (χ1v) is 6.49. The number of aliphatic hydroxyl groups excluding tert-OH is 1. The van der Waals surface area contributed by atoms with Gasteiger partial charge in [-0.05, 0) is 49.4 Å². The zero-order valence-electron chi connectivity index (χ0n) is 10.9. The van der Waals surface area contributed by atoms with Crippen molar-refractivity contribution in [3.63, 3.8) is 0 Å². The quantitative estimate of drug-likeness (QED) is 0.728. The fourth-order valence-electron chi connectivity index (χ4n) is 2.03. The molecule has 2 N–H and O–H groups in total. The zero-order chi connectivity index (χ0) is 12.5. The first-order valence-electron chi connectivity index (χ1n) is 6.49. The summed E-state index contributed by atoms with van der Waals surface area (Å²) in [6.45, 7) is 6.43. The summed E-state index contributed by atoms with van der Waals surface area (Å²) >= 11 is 0. The third kappa shape index (κ3) is 5.29. The molecule has 1 aromatic heterocycles. The lowest BCUT2D eigenvalue weighted by atomic mass is 10.00. The fourth-order valence-corrected chi connectivity index (χ4v) is 2.03. The number of aliphatic hydroxyl groups is 1. The largest absolute Gasteiger partial charge is 0.396 e. The summed E-state index contributed by atoms with van der Waals surface area (Å²) in [5.74, 6) is 0.585. The van der Waals surface area contributed by atoms with Crippen LogP contribution in [0.3, 0.4) is 0 Å². The maximum absolute atomic E-state index is 8.99. The Hall–Kier alpha value is -0.930. The van der Waals surface area contributed by atoms with E-state index >= 15 is 0 Å². The molecular weight excluding hydrogens is 212 g/mol. The van der Waals surface area contributed by atoms with Gasteiger partial charge >= 0.3 is 0 Å². The van der Waals surface area contributed by atoms with Crippen LogP contribution in [0, 0.1) is 12.8 Å². The van der Waals surface area contributed by atoms with Crippen LogP contribution in [0.25, 0.3) is 0 Å². The van der Waals surface area contributed by atoms with E-state index in [2.05, 4.69) is 24.1 Å². The number of nitrogens with one attached hydrogen (secondary N) is 1. The summed E-state index contributed by atoms with van der Waals surface area (Å²) in [5, 5.41) is 12.4. The maximum Gasteiger partial charge on any atom is 0.0434 e. The van der Waals surface area contributed by atoms with E-state index in [0.29, 0.717) is 5.92 Å². The number of rotatable bonds is 8. The summed E-state index contributed by atoms with van der Waals surface area (Å²) in [5.41, 5.74) is 2.54. The van der Waals surface area contributed by atoms with Gasteiger partial charge in [-0.15, -0.1) is 0 Å². The Morgan fingerprint density at radius 3 is 2.88 bits per heavy atom. The Morgan fingerprint density at radius 2 is 2.24 bits per heavy atom. The van der Waals surface area contributed by atoms with E-state index in [9.17, 15) is 0 Å². The van der Waals surface area contributed by atoms with E-state index < -0.39 is 0 Å². The van der Waals surface area contributed by atoms with E-state index in [-0.39, 0.29) is 6.61 Å². The van der Waals surface area contributed by atoms with Crippen LogP contribution in [-0.2, 0) is 6.54 Å². The lowest BCUT2D eigenvalue weighted by molar-refractivity contribution is 0.248. The van der Waals surface area contributed by atoms with Gasteiger partial charge in [0.25, 0.3) is 0 Å². The van der Waals surface area contributed by atoms with E-state index in [1.54, 1.807) is 0 Å². The van der Waals surface area contributed by atoms with E-state index in [1.807, 2.05) is 18.5 Å². The minimum atomic E-state index is 0.290. The molecule has 96 valence electrons.